The molecule has 0 radical (unpaired) electrons. The van der Waals surface area contributed by atoms with Crippen molar-refractivity contribution in [3.8, 4) is 11.5 Å². The fraction of sp³-hybridized carbons (Fsp3) is 0.448. The van der Waals surface area contributed by atoms with Gasteiger partial charge in [0.1, 0.15) is 6.04 Å². The molecule has 2 aromatic carbocycles. The number of esters is 3. The molecule has 39 heavy (non-hydrogen) atoms. The Morgan fingerprint density at radius 2 is 1.36 bits per heavy atom. The number of halogens is 1. The van der Waals surface area contributed by atoms with Crippen LogP contribution < -0.4 is 15.2 Å². The highest BCUT2D eigenvalue weighted by Crippen LogP contribution is 2.37. The predicted octanol–water partition coefficient (Wildman–Crippen LogP) is 5.00. The van der Waals surface area contributed by atoms with Gasteiger partial charge in [0.25, 0.3) is 0 Å². The molecule has 0 aliphatic heterocycles. The molecule has 0 heterocycles. The Bertz CT molecular complexity index is 1170. The summed E-state index contributed by atoms with van der Waals surface area (Å²) in [6.07, 6.45) is 0. The van der Waals surface area contributed by atoms with Crippen LogP contribution in [0.1, 0.15) is 70.3 Å². The second-order valence-corrected chi connectivity index (χ2v) is 11.3. The van der Waals surface area contributed by atoms with Crippen molar-refractivity contribution in [2.45, 2.75) is 60.4 Å². The van der Waals surface area contributed by atoms with Gasteiger partial charge in [0.2, 0.25) is 0 Å². The highest BCUT2D eigenvalue weighted by atomic mass is 35.5. The number of hydrogen-bond donors (Lipinski definition) is 2. The van der Waals surface area contributed by atoms with E-state index in [0.717, 1.165) is 0 Å². The van der Waals surface area contributed by atoms with Crippen molar-refractivity contribution in [1.82, 2.24) is 0 Å². The lowest BCUT2D eigenvalue weighted by Gasteiger charge is -2.28. The van der Waals surface area contributed by atoms with Gasteiger partial charge in [-0.25, -0.2) is 4.79 Å². The van der Waals surface area contributed by atoms with E-state index in [1.54, 1.807) is 84.9 Å². The number of nitrogens with two attached hydrogens (primary N) is 1. The lowest BCUT2D eigenvalue weighted by atomic mass is 9.82. The molecule has 214 valence electrons. The third-order valence-corrected chi connectivity index (χ3v) is 5.75. The summed E-state index contributed by atoms with van der Waals surface area (Å²) in [4.78, 5) is 49.6. The van der Waals surface area contributed by atoms with E-state index in [1.807, 2.05) is 0 Å². The van der Waals surface area contributed by atoms with Gasteiger partial charge in [-0.15, -0.1) is 12.4 Å². The van der Waals surface area contributed by atoms with Crippen LogP contribution in [-0.2, 0) is 19.1 Å². The zero-order valence-corrected chi connectivity index (χ0v) is 24.2. The van der Waals surface area contributed by atoms with Crippen molar-refractivity contribution in [3.05, 3.63) is 59.7 Å². The second-order valence-electron chi connectivity index (χ2n) is 11.3. The standard InChI is InChI=1S/C29H37NO8.ClH/c1-17(16-36-25(33)18-11-9-8-10-12-18)22(23(30)24(31)32)19-13-14-20(37-26(34)28(2,3)4)21(15-19)38-27(35)29(5,6)7;/h8-15,17,22-23H,16,30H2,1-7H3,(H,31,32);1H/t17-,22?,23-;/m0./s1. The van der Waals surface area contributed by atoms with E-state index < -0.39 is 52.6 Å². The summed E-state index contributed by atoms with van der Waals surface area (Å²) in [5, 5.41) is 9.72. The third kappa shape index (κ3) is 9.37. The van der Waals surface area contributed by atoms with Gasteiger partial charge in [-0.1, -0.05) is 31.2 Å². The van der Waals surface area contributed by atoms with Gasteiger partial charge in [0.05, 0.1) is 23.0 Å². The number of carboxylic acid groups (broad SMARTS) is 1. The Morgan fingerprint density at radius 3 is 1.85 bits per heavy atom. The topological polar surface area (TPSA) is 142 Å². The third-order valence-electron chi connectivity index (χ3n) is 5.75. The van der Waals surface area contributed by atoms with Gasteiger partial charge in [0, 0.05) is 5.92 Å². The molecule has 1 unspecified atom stereocenters. The molecular formula is C29H38ClNO8. The minimum Gasteiger partial charge on any atom is -0.480 e. The van der Waals surface area contributed by atoms with Crippen LogP contribution in [-0.4, -0.2) is 41.6 Å². The van der Waals surface area contributed by atoms with Crippen molar-refractivity contribution in [3.63, 3.8) is 0 Å². The number of carbonyl (C=O) groups excluding carboxylic acids is 3. The van der Waals surface area contributed by atoms with Crippen LogP contribution in [0.3, 0.4) is 0 Å². The molecule has 0 spiro atoms. The average Bonchev–Trinajstić information content (AvgIpc) is 2.83. The molecule has 0 aliphatic rings. The van der Waals surface area contributed by atoms with Crippen LogP contribution in [0, 0.1) is 16.7 Å². The number of carbonyl (C=O) groups is 4. The zero-order valence-electron chi connectivity index (χ0n) is 23.3. The molecule has 0 saturated heterocycles. The van der Waals surface area contributed by atoms with Crippen LogP contribution in [0.15, 0.2) is 48.5 Å². The van der Waals surface area contributed by atoms with Crippen LogP contribution in [0.4, 0.5) is 0 Å². The summed E-state index contributed by atoms with van der Waals surface area (Å²) in [6, 6.07) is 11.5. The van der Waals surface area contributed by atoms with Gasteiger partial charge in [-0.3, -0.25) is 14.4 Å². The number of carboxylic acids is 1. The van der Waals surface area contributed by atoms with Crippen molar-refractivity contribution in [1.29, 1.82) is 0 Å². The minimum atomic E-state index is -1.37. The van der Waals surface area contributed by atoms with Crippen LogP contribution >= 0.6 is 12.4 Å². The van der Waals surface area contributed by atoms with E-state index in [9.17, 15) is 24.3 Å². The summed E-state index contributed by atoms with van der Waals surface area (Å²) in [6.45, 7) is 11.7. The normalized spacial score (nSPS) is 13.7. The van der Waals surface area contributed by atoms with E-state index in [4.69, 9.17) is 19.9 Å². The first kappa shape index (κ1) is 33.6. The van der Waals surface area contributed by atoms with Crippen LogP contribution in [0.25, 0.3) is 0 Å². The maximum Gasteiger partial charge on any atom is 0.338 e. The SMILES string of the molecule is C[C@@H](COC(=O)c1ccccc1)C(c1ccc(OC(=O)C(C)(C)C)c(OC(=O)C(C)(C)C)c1)[C@H](N)C(=O)O.Cl. The molecule has 0 saturated carbocycles. The molecular weight excluding hydrogens is 526 g/mol. The molecule has 10 heteroatoms. The van der Waals surface area contributed by atoms with E-state index in [2.05, 4.69) is 0 Å². The summed E-state index contributed by atoms with van der Waals surface area (Å²) in [7, 11) is 0. The average molecular weight is 564 g/mol. The van der Waals surface area contributed by atoms with Crippen molar-refractivity contribution in [2.75, 3.05) is 6.61 Å². The van der Waals surface area contributed by atoms with Crippen LogP contribution in [0.2, 0.25) is 0 Å². The quantitative estimate of drug-likeness (QED) is 0.318. The first-order chi connectivity index (χ1) is 17.5. The molecule has 0 amide bonds. The van der Waals surface area contributed by atoms with E-state index >= 15 is 0 Å². The summed E-state index contributed by atoms with van der Waals surface area (Å²) in [5.41, 5.74) is 5.16. The Balaban J connectivity index is 0.00000760. The van der Waals surface area contributed by atoms with Gasteiger partial charge >= 0.3 is 23.9 Å². The summed E-state index contributed by atoms with van der Waals surface area (Å²) >= 11 is 0. The second kappa shape index (κ2) is 13.6. The van der Waals surface area contributed by atoms with Gasteiger partial charge in [-0.05, 0) is 77.3 Å². The van der Waals surface area contributed by atoms with E-state index in [1.165, 1.54) is 12.1 Å². The smallest absolute Gasteiger partial charge is 0.338 e. The Kier molecular flexibility index (Phi) is 11.7. The predicted molar refractivity (Wildman–Crippen MR) is 148 cm³/mol. The van der Waals surface area contributed by atoms with Crippen LogP contribution in [0.5, 0.6) is 11.5 Å². The first-order valence-electron chi connectivity index (χ1n) is 12.3. The highest BCUT2D eigenvalue weighted by molar-refractivity contribution is 5.89. The highest BCUT2D eigenvalue weighted by Gasteiger charge is 2.34. The Hall–Kier alpha value is -3.43. The fourth-order valence-corrected chi connectivity index (χ4v) is 3.41. The molecule has 0 aromatic heterocycles. The lowest BCUT2D eigenvalue weighted by molar-refractivity contribution is -0.145. The first-order valence-corrected chi connectivity index (χ1v) is 12.3. The number of aliphatic carboxylic acids is 1. The fourth-order valence-electron chi connectivity index (χ4n) is 3.41. The molecule has 3 N–H and O–H groups in total. The Labute approximate surface area is 235 Å². The molecule has 9 nitrogen and oxygen atoms in total. The molecule has 0 bridgehead atoms. The number of hydrogen-bond acceptors (Lipinski definition) is 8. The van der Waals surface area contributed by atoms with E-state index in [0.29, 0.717) is 11.1 Å². The maximum atomic E-state index is 12.7. The molecule has 0 fully saturated rings. The Morgan fingerprint density at radius 1 is 0.846 bits per heavy atom. The van der Waals surface area contributed by atoms with Gasteiger partial charge in [0.15, 0.2) is 11.5 Å². The molecule has 2 rings (SSSR count). The molecule has 3 atom stereocenters. The number of benzene rings is 2. The lowest BCUT2D eigenvalue weighted by Crippen LogP contribution is -2.40. The van der Waals surface area contributed by atoms with E-state index in [-0.39, 0.29) is 30.5 Å². The maximum absolute atomic E-state index is 12.7. The number of rotatable bonds is 9. The minimum absolute atomic E-state index is 0. The molecule has 0 aliphatic carbocycles. The number of ether oxygens (including phenoxy) is 3. The zero-order chi connectivity index (χ0) is 28.8. The van der Waals surface area contributed by atoms with Crippen molar-refractivity contribution >= 4 is 36.3 Å². The monoisotopic (exact) mass is 563 g/mol. The largest absolute Gasteiger partial charge is 0.480 e. The van der Waals surface area contributed by atoms with Gasteiger partial charge < -0.3 is 25.1 Å². The van der Waals surface area contributed by atoms with Gasteiger partial charge in [-0.2, -0.15) is 0 Å². The van der Waals surface area contributed by atoms with Crippen molar-refractivity contribution < 1.29 is 38.5 Å². The van der Waals surface area contributed by atoms with Crippen molar-refractivity contribution in [2.24, 2.45) is 22.5 Å². The summed E-state index contributed by atoms with van der Waals surface area (Å²) in [5.74, 6) is -4.34. The summed E-state index contributed by atoms with van der Waals surface area (Å²) < 4.78 is 16.6. The molecule has 2 aromatic rings.